The van der Waals surface area contributed by atoms with E-state index in [1.54, 1.807) is 24.0 Å². The van der Waals surface area contributed by atoms with E-state index < -0.39 is 5.97 Å². The van der Waals surface area contributed by atoms with E-state index in [4.69, 9.17) is 9.47 Å². The summed E-state index contributed by atoms with van der Waals surface area (Å²) in [5.41, 5.74) is 1.97. The Bertz CT molecular complexity index is 569. The number of aromatic carboxylic acids is 1. The number of amides is 1. The predicted molar refractivity (Wildman–Crippen MR) is 75.7 cm³/mol. The summed E-state index contributed by atoms with van der Waals surface area (Å²) in [6, 6.07) is 3.29. The molecule has 2 rings (SSSR count). The van der Waals surface area contributed by atoms with Crippen LogP contribution in [0, 0.1) is 0 Å². The molecule has 1 unspecified atom stereocenters. The molecule has 0 bridgehead atoms. The van der Waals surface area contributed by atoms with E-state index in [9.17, 15) is 14.7 Å². The molecule has 0 aromatic heterocycles. The third kappa shape index (κ3) is 2.94. The Morgan fingerprint density at radius 3 is 2.67 bits per heavy atom. The van der Waals surface area contributed by atoms with Crippen LogP contribution in [-0.4, -0.2) is 41.8 Å². The zero-order valence-corrected chi connectivity index (χ0v) is 12.4. The van der Waals surface area contributed by atoms with Gasteiger partial charge in [0.1, 0.15) is 11.3 Å². The van der Waals surface area contributed by atoms with Crippen LogP contribution in [0.15, 0.2) is 12.1 Å². The van der Waals surface area contributed by atoms with Gasteiger partial charge in [-0.3, -0.25) is 0 Å². The molecule has 6 heteroatoms. The second-order valence-corrected chi connectivity index (χ2v) is 5.01. The molecule has 0 saturated heterocycles. The summed E-state index contributed by atoms with van der Waals surface area (Å²) in [4.78, 5) is 24.8. The minimum absolute atomic E-state index is 0.0356. The molecule has 6 nitrogen and oxygen atoms in total. The number of hydrogen-bond acceptors (Lipinski definition) is 4. The van der Waals surface area contributed by atoms with Gasteiger partial charge in [0.15, 0.2) is 0 Å². The average Bonchev–Trinajstić information content (AvgIpc) is 2.45. The second-order valence-electron chi connectivity index (χ2n) is 5.01. The smallest absolute Gasteiger partial charge is 0.410 e. The van der Waals surface area contributed by atoms with Crippen LogP contribution in [0.1, 0.15) is 35.3 Å². The molecular formula is C15H19NO5. The highest BCUT2D eigenvalue weighted by Gasteiger charge is 2.29. The Labute approximate surface area is 123 Å². The summed E-state index contributed by atoms with van der Waals surface area (Å²) >= 11 is 0. The van der Waals surface area contributed by atoms with Gasteiger partial charge in [0, 0.05) is 12.6 Å². The van der Waals surface area contributed by atoms with Crippen LogP contribution in [0.2, 0.25) is 0 Å². The number of benzene rings is 1. The Hall–Kier alpha value is -2.24. The van der Waals surface area contributed by atoms with Crippen molar-refractivity contribution in [3.8, 4) is 5.75 Å². The molecule has 1 atom stereocenters. The molecule has 0 radical (unpaired) electrons. The fourth-order valence-electron chi connectivity index (χ4n) is 2.56. The number of carboxylic acid groups (broad SMARTS) is 1. The van der Waals surface area contributed by atoms with Gasteiger partial charge in [-0.15, -0.1) is 0 Å². The number of methoxy groups -OCH3 is 1. The first-order valence-electron chi connectivity index (χ1n) is 6.84. The molecule has 1 amide bonds. The molecule has 0 spiro atoms. The predicted octanol–water partition coefficient (Wildman–Crippen LogP) is 2.30. The molecule has 0 fully saturated rings. The number of carbonyl (C=O) groups is 2. The zero-order chi connectivity index (χ0) is 15.6. The molecule has 114 valence electrons. The number of rotatable bonds is 3. The van der Waals surface area contributed by atoms with E-state index in [0.29, 0.717) is 25.3 Å². The van der Waals surface area contributed by atoms with Crippen LogP contribution in [0.5, 0.6) is 5.75 Å². The maximum atomic E-state index is 11.9. The van der Waals surface area contributed by atoms with Crippen LogP contribution < -0.4 is 4.74 Å². The molecule has 1 aromatic carbocycles. The van der Waals surface area contributed by atoms with Crippen LogP contribution in [-0.2, 0) is 17.7 Å². The van der Waals surface area contributed by atoms with Gasteiger partial charge in [-0.1, -0.05) is 0 Å². The highest BCUT2D eigenvalue weighted by Crippen LogP contribution is 2.30. The van der Waals surface area contributed by atoms with Gasteiger partial charge in [0.2, 0.25) is 0 Å². The summed E-state index contributed by atoms with van der Waals surface area (Å²) in [5, 5.41) is 9.21. The van der Waals surface area contributed by atoms with Gasteiger partial charge in [0.25, 0.3) is 0 Å². The quantitative estimate of drug-likeness (QED) is 0.925. The highest BCUT2D eigenvalue weighted by atomic mass is 16.6. The van der Waals surface area contributed by atoms with E-state index in [1.807, 2.05) is 6.92 Å². The van der Waals surface area contributed by atoms with Gasteiger partial charge >= 0.3 is 12.1 Å². The van der Waals surface area contributed by atoms with Gasteiger partial charge in [0.05, 0.1) is 13.7 Å². The van der Waals surface area contributed by atoms with Crippen molar-refractivity contribution in [2.75, 3.05) is 13.7 Å². The monoisotopic (exact) mass is 293 g/mol. The van der Waals surface area contributed by atoms with Crippen molar-refractivity contribution in [3.63, 3.8) is 0 Å². The highest BCUT2D eigenvalue weighted by molar-refractivity contribution is 5.91. The lowest BCUT2D eigenvalue weighted by Gasteiger charge is -2.34. The zero-order valence-electron chi connectivity index (χ0n) is 12.4. The summed E-state index contributed by atoms with van der Waals surface area (Å²) in [6.07, 6.45) is 0.246. The Morgan fingerprint density at radius 2 is 2.10 bits per heavy atom. The first-order chi connectivity index (χ1) is 9.97. The van der Waals surface area contributed by atoms with Crippen molar-refractivity contribution in [1.29, 1.82) is 0 Å². The van der Waals surface area contributed by atoms with Gasteiger partial charge in [-0.05, 0) is 43.5 Å². The summed E-state index contributed by atoms with van der Waals surface area (Å²) in [7, 11) is 1.43. The van der Waals surface area contributed by atoms with Gasteiger partial charge in [-0.2, -0.15) is 0 Å². The van der Waals surface area contributed by atoms with E-state index >= 15 is 0 Å². The number of carboxylic acids is 1. The molecule has 1 N–H and O–H groups in total. The van der Waals surface area contributed by atoms with E-state index in [0.717, 1.165) is 11.1 Å². The SMILES string of the molecule is CCOC(=O)N1Cc2cc(OC)c(C(=O)O)cc2CC1C. The van der Waals surface area contributed by atoms with Crippen molar-refractivity contribution in [3.05, 3.63) is 28.8 Å². The first kappa shape index (κ1) is 15.2. The molecule has 1 heterocycles. The Kier molecular flexibility index (Phi) is 4.35. The van der Waals surface area contributed by atoms with E-state index in [-0.39, 0.29) is 17.7 Å². The van der Waals surface area contributed by atoms with Crippen molar-refractivity contribution in [2.45, 2.75) is 32.9 Å². The molecule has 21 heavy (non-hydrogen) atoms. The minimum Gasteiger partial charge on any atom is -0.496 e. The average molecular weight is 293 g/mol. The number of hydrogen-bond donors (Lipinski definition) is 1. The fourth-order valence-corrected chi connectivity index (χ4v) is 2.56. The van der Waals surface area contributed by atoms with Gasteiger partial charge in [-0.25, -0.2) is 9.59 Å². The third-order valence-corrected chi connectivity index (χ3v) is 3.64. The third-order valence-electron chi connectivity index (χ3n) is 3.64. The number of carbonyl (C=O) groups excluding carboxylic acids is 1. The van der Waals surface area contributed by atoms with Crippen molar-refractivity contribution in [1.82, 2.24) is 4.90 Å². The maximum Gasteiger partial charge on any atom is 0.410 e. The summed E-state index contributed by atoms with van der Waals surface area (Å²) < 4.78 is 10.2. The summed E-state index contributed by atoms with van der Waals surface area (Å²) in [5.74, 6) is -0.713. The molecule has 1 aliphatic rings. The van der Waals surface area contributed by atoms with Crippen LogP contribution in [0.3, 0.4) is 0 Å². The first-order valence-corrected chi connectivity index (χ1v) is 6.84. The van der Waals surface area contributed by atoms with Gasteiger partial charge < -0.3 is 19.5 Å². The molecule has 0 aliphatic carbocycles. The lowest BCUT2D eigenvalue weighted by atomic mass is 9.92. The fraction of sp³-hybridized carbons (Fsp3) is 0.467. The lowest BCUT2D eigenvalue weighted by molar-refractivity contribution is 0.0690. The molecular weight excluding hydrogens is 274 g/mol. The lowest BCUT2D eigenvalue weighted by Crippen LogP contribution is -2.43. The minimum atomic E-state index is -1.02. The number of ether oxygens (including phenoxy) is 2. The Morgan fingerprint density at radius 1 is 1.38 bits per heavy atom. The van der Waals surface area contributed by atoms with Crippen molar-refractivity contribution < 1.29 is 24.2 Å². The number of nitrogens with zero attached hydrogens (tertiary/aromatic N) is 1. The summed E-state index contributed by atoms with van der Waals surface area (Å²) in [6.45, 7) is 4.41. The molecule has 0 saturated carbocycles. The van der Waals surface area contributed by atoms with E-state index in [1.165, 1.54) is 7.11 Å². The van der Waals surface area contributed by atoms with Crippen LogP contribution in [0.4, 0.5) is 4.79 Å². The molecule has 1 aromatic rings. The largest absolute Gasteiger partial charge is 0.496 e. The number of fused-ring (bicyclic) bond motifs is 1. The second kappa shape index (κ2) is 6.03. The van der Waals surface area contributed by atoms with Crippen molar-refractivity contribution in [2.24, 2.45) is 0 Å². The van der Waals surface area contributed by atoms with E-state index in [2.05, 4.69) is 0 Å². The topological polar surface area (TPSA) is 76.1 Å². The van der Waals surface area contributed by atoms with Crippen LogP contribution >= 0.6 is 0 Å². The standard InChI is InChI=1S/C15H19NO5/c1-4-21-15(19)16-8-11-7-13(20-3)12(14(17)18)6-10(11)5-9(16)2/h6-7,9H,4-5,8H2,1-3H3,(H,17,18). The normalized spacial score (nSPS) is 17.1. The van der Waals surface area contributed by atoms with Crippen LogP contribution in [0.25, 0.3) is 0 Å². The molecule has 1 aliphatic heterocycles. The maximum absolute atomic E-state index is 11.9. The van der Waals surface area contributed by atoms with Crippen molar-refractivity contribution >= 4 is 12.1 Å². The Balaban J connectivity index is 2.36.